The van der Waals surface area contributed by atoms with Gasteiger partial charge >= 0.3 is 0 Å². The van der Waals surface area contributed by atoms with Gasteiger partial charge in [0.2, 0.25) is 5.91 Å². The number of carbonyl (C=O) groups is 1. The molecule has 1 rings (SSSR count). The maximum Gasteiger partial charge on any atom is 0.225 e. The zero-order valence-electron chi connectivity index (χ0n) is 10.2. The highest BCUT2D eigenvalue weighted by atomic mass is 16.3. The lowest BCUT2D eigenvalue weighted by Gasteiger charge is -2.30. The fourth-order valence-corrected chi connectivity index (χ4v) is 2.31. The Hall–Kier alpha value is -0.610. The molecule has 0 bridgehead atoms. The molecule has 1 aliphatic rings. The van der Waals surface area contributed by atoms with Crippen molar-refractivity contribution in [2.24, 2.45) is 11.7 Å². The van der Waals surface area contributed by atoms with Crippen molar-refractivity contribution in [2.45, 2.75) is 45.1 Å². The molecule has 1 amide bonds. The maximum atomic E-state index is 12.1. The summed E-state index contributed by atoms with van der Waals surface area (Å²) in [5, 5.41) is 8.78. The first-order valence-electron chi connectivity index (χ1n) is 6.34. The van der Waals surface area contributed by atoms with E-state index in [2.05, 4.69) is 0 Å². The molecule has 0 aromatic rings. The molecule has 0 saturated heterocycles. The molecule has 0 heterocycles. The first-order chi connectivity index (χ1) is 7.69. The van der Waals surface area contributed by atoms with E-state index in [1.54, 1.807) is 0 Å². The Morgan fingerprint density at radius 3 is 2.50 bits per heavy atom. The number of carbonyl (C=O) groups excluding carboxylic acids is 1. The van der Waals surface area contributed by atoms with Crippen LogP contribution in [-0.2, 0) is 4.79 Å². The van der Waals surface area contributed by atoms with Crippen LogP contribution in [0.15, 0.2) is 0 Å². The normalized spacial score (nSPS) is 25.4. The SMILES string of the molecule is CCN(CCCO)C(=O)C1CCC(N)CC1. The van der Waals surface area contributed by atoms with Crippen molar-refractivity contribution in [3.63, 3.8) is 0 Å². The first-order valence-corrected chi connectivity index (χ1v) is 6.34. The molecule has 0 unspecified atom stereocenters. The van der Waals surface area contributed by atoms with Gasteiger partial charge in [0.1, 0.15) is 0 Å². The van der Waals surface area contributed by atoms with Crippen LogP contribution in [-0.4, -0.2) is 41.7 Å². The van der Waals surface area contributed by atoms with Crippen molar-refractivity contribution in [1.82, 2.24) is 4.90 Å². The highest BCUT2D eigenvalue weighted by Gasteiger charge is 2.27. The van der Waals surface area contributed by atoms with Gasteiger partial charge < -0.3 is 15.7 Å². The number of rotatable bonds is 5. The van der Waals surface area contributed by atoms with Gasteiger partial charge in [-0.1, -0.05) is 0 Å². The van der Waals surface area contributed by atoms with Crippen molar-refractivity contribution in [1.29, 1.82) is 0 Å². The van der Waals surface area contributed by atoms with Crippen LogP contribution in [0.5, 0.6) is 0 Å². The van der Waals surface area contributed by atoms with Crippen molar-refractivity contribution in [3.05, 3.63) is 0 Å². The summed E-state index contributed by atoms with van der Waals surface area (Å²) in [6.45, 7) is 3.55. The van der Waals surface area contributed by atoms with Crippen molar-refractivity contribution in [3.8, 4) is 0 Å². The summed E-state index contributed by atoms with van der Waals surface area (Å²) in [4.78, 5) is 14.0. The summed E-state index contributed by atoms with van der Waals surface area (Å²) in [6, 6.07) is 0.288. The summed E-state index contributed by atoms with van der Waals surface area (Å²) >= 11 is 0. The van der Waals surface area contributed by atoms with Gasteiger partial charge in [-0.2, -0.15) is 0 Å². The van der Waals surface area contributed by atoms with Gasteiger partial charge in [0.25, 0.3) is 0 Å². The number of hydrogen-bond donors (Lipinski definition) is 2. The molecule has 94 valence electrons. The lowest BCUT2D eigenvalue weighted by molar-refractivity contribution is -0.136. The molecule has 1 fully saturated rings. The van der Waals surface area contributed by atoms with Gasteiger partial charge in [0, 0.05) is 31.7 Å². The Morgan fingerprint density at radius 2 is 2.00 bits per heavy atom. The summed E-state index contributed by atoms with van der Waals surface area (Å²) in [5.74, 6) is 0.418. The topological polar surface area (TPSA) is 66.6 Å². The minimum absolute atomic E-state index is 0.152. The fourth-order valence-electron chi connectivity index (χ4n) is 2.31. The van der Waals surface area contributed by atoms with Crippen LogP contribution in [0.1, 0.15) is 39.0 Å². The minimum Gasteiger partial charge on any atom is -0.396 e. The van der Waals surface area contributed by atoms with Gasteiger partial charge in [-0.3, -0.25) is 4.79 Å². The quantitative estimate of drug-likeness (QED) is 0.729. The number of amides is 1. The van der Waals surface area contributed by atoms with Crippen molar-refractivity contribution in [2.75, 3.05) is 19.7 Å². The molecule has 1 saturated carbocycles. The monoisotopic (exact) mass is 228 g/mol. The third-order valence-corrected chi connectivity index (χ3v) is 3.40. The van der Waals surface area contributed by atoms with Crippen LogP contribution in [0.3, 0.4) is 0 Å². The van der Waals surface area contributed by atoms with Crippen LogP contribution in [0, 0.1) is 5.92 Å². The van der Waals surface area contributed by atoms with Crippen LogP contribution < -0.4 is 5.73 Å². The first kappa shape index (κ1) is 13.5. The van der Waals surface area contributed by atoms with Crippen LogP contribution in [0.25, 0.3) is 0 Å². The Balaban J connectivity index is 2.41. The van der Waals surface area contributed by atoms with Crippen LogP contribution in [0.4, 0.5) is 0 Å². The third-order valence-electron chi connectivity index (χ3n) is 3.40. The summed E-state index contributed by atoms with van der Waals surface area (Å²) < 4.78 is 0. The van der Waals surface area contributed by atoms with E-state index in [9.17, 15) is 4.79 Å². The number of aliphatic hydroxyl groups excluding tert-OH is 1. The van der Waals surface area contributed by atoms with E-state index in [1.807, 2.05) is 11.8 Å². The van der Waals surface area contributed by atoms with Gasteiger partial charge in [0.15, 0.2) is 0 Å². The molecule has 3 N–H and O–H groups in total. The number of nitrogens with zero attached hydrogens (tertiary/aromatic N) is 1. The molecule has 0 aromatic heterocycles. The average Bonchev–Trinajstić information content (AvgIpc) is 2.30. The second-order valence-electron chi connectivity index (χ2n) is 4.61. The van der Waals surface area contributed by atoms with Crippen LogP contribution >= 0.6 is 0 Å². The number of hydrogen-bond acceptors (Lipinski definition) is 3. The van der Waals surface area contributed by atoms with Gasteiger partial charge in [-0.15, -0.1) is 0 Å². The van der Waals surface area contributed by atoms with E-state index >= 15 is 0 Å². The molecule has 4 heteroatoms. The second kappa shape index (κ2) is 6.86. The van der Waals surface area contributed by atoms with E-state index < -0.39 is 0 Å². The minimum atomic E-state index is 0.152. The molecule has 1 aliphatic carbocycles. The smallest absolute Gasteiger partial charge is 0.225 e. The Labute approximate surface area is 97.8 Å². The molecular formula is C12H24N2O2. The highest BCUT2D eigenvalue weighted by Crippen LogP contribution is 2.24. The molecule has 0 radical (unpaired) electrons. The molecule has 0 aliphatic heterocycles. The zero-order chi connectivity index (χ0) is 12.0. The van der Waals surface area contributed by atoms with E-state index in [0.29, 0.717) is 13.0 Å². The van der Waals surface area contributed by atoms with E-state index in [0.717, 1.165) is 32.2 Å². The molecule has 0 atom stereocenters. The van der Waals surface area contributed by atoms with Crippen molar-refractivity contribution >= 4 is 5.91 Å². The lowest BCUT2D eigenvalue weighted by Crippen LogP contribution is -2.40. The van der Waals surface area contributed by atoms with Crippen molar-refractivity contribution < 1.29 is 9.90 Å². The average molecular weight is 228 g/mol. The standard InChI is InChI=1S/C12H24N2O2/c1-2-14(8-3-9-15)12(16)10-4-6-11(13)7-5-10/h10-11,15H,2-9,13H2,1H3. The van der Waals surface area contributed by atoms with E-state index in [-0.39, 0.29) is 24.5 Å². The van der Waals surface area contributed by atoms with Gasteiger partial charge in [-0.25, -0.2) is 0 Å². The zero-order valence-corrected chi connectivity index (χ0v) is 10.2. The maximum absolute atomic E-state index is 12.1. The Kier molecular flexibility index (Phi) is 5.77. The summed E-state index contributed by atoms with van der Waals surface area (Å²) in [6.07, 6.45) is 4.46. The molecule has 0 spiro atoms. The van der Waals surface area contributed by atoms with Gasteiger partial charge in [-0.05, 0) is 39.0 Å². The Morgan fingerprint density at radius 1 is 1.38 bits per heavy atom. The largest absolute Gasteiger partial charge is 0.396 e. The lowest BCUT2D eigenvalue weighted by atomic mass is 9.85. The molecule has 0 aromatic carbocycles. The Bertz CT molecular complexity index is 206. The van der Waals surface area contributed by atoms with Gasteiger partial charge in [0.05, 0.1) is 0 Å². The molecule has 16 heavy (non-hydrogen) atoms. The number of nitrogens with two attached hydrogens (primary N) is 1. The molecular weight excluding hydrogens is 204 g/mol. The predicted molar refractivity (Wildman–Crippen MR) is 63.9 cm³/mol. The fraction of sp³-hybridized carbons (Fsp3) is 0.917. The summed E-state index contributed by atoms with van der Waals surface area (Å²) in [5.41, 5.74) is 5.83. The highest BCUT2D eigenvalue weighted by molar-refractivity contribution is 5.78. The molecule has 4 nitrogen and oxygen atoms in total. The predicted octanol–water partition coefficient (Wildman–Crippen LogP) is 0.735. The summed E-state index contributed by atoms with van der Waals surface area (Å²) in [7, 11) is 0. The van der Waals surface area contributed by atoms with Crippen LogP contribution in [0.2, 0.25) is 0 Å². The number of aliphatic hydroxyl groups is 1. The third kappa shape index (κ3) is 3.76. The second-order valence-corrected chi connectivity index (χ2v) is 4.61. The van der Waals surface area contributed by atoms with E-state index in [1.165, 1.54) is 0 Å². The van der Waals surface area contributed by atoms with E-state index in [4.69, 9.17) is 10.8 Å².